The molecule has 0 bridgehead atoms. The fourth-order valence-corrected chi connectivity index (χ4v) is 53.8. The summed E-state index contributed by atoms with van der Waals surface area (Å²) in [7, 11) is 0. The first-order chi connectivity index (χ1) is 52.1. The Bertz CT molecular complexity index is 8830. The van der Waals surface area contributed by atoms with Gasteiger partial charge in [-0.25, -0.2) is 0 Å². The Morgan fingerprint density at radius 3 is 0.591 bits per heavy atom. The van der Waals surface area contributed by atoms with Crippen molar-refractivity contribution in [2.75, 3.05) is 0 Å². The van der Waals surface area contributed by atoms with Gasteiger partial charge in [0, 0.05) is 0 Å². The van der Waals surface area contributed by atoms with Gasteiger partial charge in [0.2, 0.25) is 0 Å². The lowest BCUT2D eigenvalue weighted by atomic mass is 9.48. The fourth-order valence-electron chi connectivity index (χ4n) is 39.5. The Hall–Kier alpha value is -2.20. The van der Waals surface area contributed by atoms with Crippen molar-refractivity contribution in [3.05, 3.63) is 256 Å². The van der Waals surface area contributed by atoms with Crippen LogP contribution in [-0.4, -0.2) is 4.87 Å². The van der Waals surface area contributed by atoms with Crippen LogP contribution in [0.5, 0.6) is 0 Å². The first-order valence-electron chi connectivity index (χ1n) is 37.2. The molecule has 0 aromatic heterocycles. The molecule has 0 heterocycles. The predicted molar refractivity (Wildman–Crippen MR) is 432 cm³/mol. The molecule has 0 saturated heterocycles. The van der Waals surface area contributed by atoms with Gasteiger partial charge >= 0.3 is 0 Å². The lowest BCUT2D eigenvalue weighted by Crippen LogP contribution is -2.78. The summed E-state index contributed by atoms with van der Waals surface area (Å²) in [6.45, 7) is 0. The Kier molecular flexibility index (Phi) is 5.40. The van der Waals surface area contributed by atoms with Crippen molar-refractivity contribution in [1.82, 2.24) is 0 Å². The van der Waals surface area contributed by atoms with Crippen molar-refractivity contribution in [3.8, 4) is 22.3 Å². The summed E-state index contributed by atoms with van der Waals surface area (Å²) in [4.78, 5) is -42.2. The van der Waals surface area contributed by atoms with E-state index in [4.69, 9.17) is 0 Å². The molecule has 46 rings (SSSR count). The van der Waals surface area contributed by atoms with Crippen LogP contribution in [-0.2, 0) is 102 Å². The van der Waals surface area contributed by atoms with Gasteiger partial charge in [0.15, 0.2) is 0 Å². The van der Waals surface area contributed by atoms with Crippen molar-refractivity contribution >= 4 is 341 Å². The highest BCUT2D eigenvalue weighted by molar-refractivity contribution is 6.67. The number of halogens is 22. The van der Waals surface area contributed by atoms with Crippen LogP contribution < -0.4 is 0 Å². The monoisotopic (exact) mass is 1830 g/mol. The van der Waals surface area contributed by atoms with Crippen LogP contribution in [0.15, 0.2) is 33.4 Å². The minimum Gasteiger partial charge on any atom is -0.112 e. The number of benzene rings is 13. The molecule has 0 aliphatic heterocycles. The van der Waals surface area contributed by atoms with Gasteiger partial charge < -0.3 is 0 Å². The minimum absolute atomic E-state index is 0.566. The topological polar surface area (TPSA) is 0 Å². The molecular formula is C88Cl22. The van der Waals surface area contributed by atoms with Crippen LogP contribution in [0.1, 0.15) is 223 Å². The molecule has 0 radical (unpaired) electrons. The Morgan fingerprint density at radius 1 is 0.109 bits per heavy atom. The zero-order chi connectivity index (χ0) is 71.1. The zero-order valence-electron chi connectivity index (χ0n) is 52.3. The maximum absolute atomic E-state index is 10.2. The molecule has 33 aliphatic carbocycles. The lowest BCUT2D eigenvalue weighted by Gasteiger charge is -2.70. The fraction of sp³-hybridized carbons (Fsp3) is 0.250. The molecule has 0 nitrogen and oxygen atoms in total. The Morgan fingerprint density at radius 2 is 0.282 bits per heavy atom. The lowest BCUT2D eigenvalue weighted by molar-refractivity contribution is 0.148. The van der Waals surface area contributed by atoms with Gasteiger partial charge in [-0.05, 0) is 364 Å². The third-order valence-corrected chi connectivity index (χ3v) is 54.0. The van der Waals surface area contributed by atoms with E-state index in [1.165, 1.54) is 0 Å². The van der Waals surface area contributed by atoms with Crippen molar-refractivity contribution in [2.24, 2.45) is 0 Å². The van der Waals surface area contributed by atoms with Crippen LogP contribution in [0.3, 0.4) is 0 Å². The number of hydrogen-bond acceptors (Lipinski definition) is 0. The molecule has 0 N–H and O–H groups in total. The number of rotatable bonds is 0. The highest BCUT2D eigenvalue weighted by Crippen LogP contribution is 3.06. The molecule has 506 valence electrons. The largest absolute Gasteiger partial charge is 0.123 e. The molecule has 13 aromatic carbocycles. The molecule has 33 aliphatic rings. The number of allylic oxidation sites excluding steroid dienone is 6. The average molecular weight is 1840 g/mol. The van der Waals surface area contributed by atoms with E-state index in [9.17, 15) is 255 Å². The number of hydrogen-bond donors (Lipinski definition) is 0. The smallest absolute Gasteiger partial charge is 0.112 e. The molecule has 0 spiro atoms. The first-order valence-corrected chi connectivity index (χ1v) is 45.5. The van der Waals surface area contributed by atoms with E-state index in [1.54, 1.807) is 0 Å². The maximum Gasteiger partial charge on any atom is 0.123 e. The average Bonchev–Trinajstić information content (AvgIpc) is 1.35. The SMILES string of the molecule is ClC12C3=C4C5(Cl)c6c7c8c9c(c61)C1(Cl)C6=C%10C%11(Cl)c%12c1c2c1c2c%12C%12(Cl)C%13=C%14C2(Cl)c2c(c%15c%16c%17c2C%14(Cl)c2c%14c%18c%19c%20c%21c%22c%23c%24c%25c%26c%27c(c(c%28c%26c%23c%23c(c%11c%12c%11c%23c%22c%19c2C%13%11Cl)C%10%28Cl)C69Cl)C8(Cl)c2c-7c6c5c(c5c-%16c(c7c8c9c%10c(c2C%27(Cl)C%25(Cl)C%10(Cl)C(Cl)(C%24%21Cl)C9(Cl)C%20(Cl)C%187Cl)c6c58)C%17%14Cl)C4%15Cl)C31Cl. The van der Waals surface area contributed by atoms with Gasteiger partial charge in [0.05, 0.1) is 0 Å². The molecule has 0 amide bonds. The normalized spacial score (nSPS) is 50.8. The van der Waals surface area contributed by atoms with E-state index in [2.05, 4.69) is 0 Å². The summed E-state index contributed by atoms with van der Waals surface area (Å²) in [6.07, 6.45) is 0. The summed E-state index contributed by atoms with van der Waals surface area (Å²) < 4.78 is 0. The summed E-state index contributed by atoms with van der Waals surface area (Å²) in [5.41, 5.74) is 34.2. The maximum atomic E-state index is 10.2. The molecular weight excluding hydrogens is 1840 g/mol. The number of alkyl halides is 22. The summed E-state index contributed by atoms with van der Waals surface area (Å²) in [5.74, 6) is 0. The van der Waals surface area contributed by atoms with Crippen molar-refractivity contribution in [1.29, 1.82) is 0 Å². The third kappa shape index (κ3) is 2.63. The van der Waals surface area contributed by atoms with Crippen molar-refractivity contribution < 1.29 is 0 Å². The highest BCUT2D eigenvalue weighted by Gasteiger charge is 3.02. The molecule has 0 saturated carbocycles. The third-order valence-electron chi connectivity index (χ3n) is 39.5. The second-order valence-corrected chi connectivity index (χ2v) is 51.7. The minimum atomic E-state index is -2.29. The van der Waals surface area contributed by atoms with E-state index in [1.807, 2.05) is 0 Å². The predicted octanol–water partition coefficient (Wildman–Crippen LogP) is 25.1. The Labute approximate surface area is 718 Å². The van der Waals surface area contributed by atoms with Crippen molar-refractivity contribution in [2.45, 2.75) is 107 Å². The first kappa shape index (κ1) is 53.4. The van der Waals surface area contributed by atoms with Gasteiger partial charge in [0.1, 0.15) is 107 Å². The van der Waals surface area contributed by atoms with Crippen molar-refractivity contribution in [3.63, 3.8) is 0 Å². The summed E-state index contributed by atoms with van der Waals surface area (Å²) in [6, 6.07) is 0. The van der Waals surface area contributed by atoms with Gasteiger partial charge in [-0.15, -0.1) is 255 Å². The van der Waals surface area contributed by atoms with Crippen LogP contribution >= 0.6 is 255 Å². The molecule has 20 unspecified atom stereocenters. The van der Waals surface area contributed by atoms with Crippen LogP contribution in [0.25, 0.3) is 108 Å². The second kappa shape index (κ2) is 11.1. The molecule has 110 heavy (non-hydrogen) atoms. The van der Waals surface area contributed by atoms with Crippen LogP contribution in [0.2, 0.25) is 0 Å². The Balaban J connectivity index is 0.970. The van der Waals surface area contributed by atoms with Gasteiger partial charge in [0.25, 0.3) is 0 Å². The molecule has 20 atom stereocenters. The molecule has 13 aromatic rings. The second-order valence-electron chi connectivity index (χ2n) is 39.2. The standard InChI is InChI=1S/C88Cl22/c89-67-23-13-5-1-2-6-14-18-30-48-54-50-32(18)70(92)22(6)21(5)69(91)31-17(13)29(67)47-53-49(31)77(99)57-58(78(50,100)64(77)61(69)70)60-56-55-59(57)79(53,101)65-62-71(93)25-7-3-9-10-4-8(7)26-44(43(25)75(55,62)97)76(56,98)63-66(80(54,60)102)74(48,96)46-28(72(26,63)94)12(4)20-38-52(46)68(30,90)24(14)36-16(2)42-41-15(1)35(23)81(103)37-19(11(3)27(71)45(51(37)67)73(47,65)95)39-33(9)83(105)34(10)40(20)85(107,82(36,38)104)87(42,109)88(83,110)86(41,108)84(39,81)106. The quantitative estimate of drug-likeness (QED) is 0.0806. The van der Waals surface area contributed by atoms with E-state index < -0.39 is 107 Å². The van der Waals surface area contributed by atoms with Gasteiger partial charge in [-0.3, -0.25) is 0 Å². The van der Waals surface area contributed by atoms with Gasteiger partial charge in [-0.1, -0.05) is 0 Å². The molecule has 22 heteroatoms. The zero-order valence-corrected chi connectivity index (χ0v) is 68.9. The van der Waals surface area contributed by atoms with Crippen LogP contribution in [0.4, 0.5) is 0 Å². The summed E-state index contributed by atoms with van der Waals surface area (Å²) >= 11 is 223. The van der Waals surface area contributed by atoms with E-state index in [0.717, 1.165) is 153 Å². The van der Waals surface area contributed by atoms with E-state index in [0.29, 0.717) is 211 Å². The molecule has 0 fully saturated rings. The van der Waals surface area contributed by atoms with E-state index in [-0.39, 0.29) is 0 Å². The van der Waals surface area contributed by atoms with Gasteiger partial charge in [-0.2, -0.15) is 0 Å². The van der Waals surface area contributed by atoms with E-state index >= 15 is 0 Å². The highest BCUT2D eigenvalue weighted by atomic mass is 35.5. The van der Waals surface area contributed by atoms with Crippen LogP contribution in [0, 0.1) is 0 Å². The summed E-state index contributed by atoms with van der Waals surface area (Å²) in [5, 5.41) is 12.6.